The Morgan fingerprint density at radius 2 is 2.30 bits per heavy atom. The summed E-state index contributed by atoms with van der Waals surface area (Å²) in [5, 5.41) is 5.85. The van der Waals surface area contributed by atoms with Gasteiger partial charge in [0.2, 0.25) is 0 Å². The molecule has 1 aliphatic rings. The van der Waals surface area contributed by atoms with Crippen molar-refractivity contribution in [3.05, 3.63) is 23.8 Å². The highest BCUT2D eigenvalue weighted by molar-refractivity contribution is 5.69. The molecule has 1 aromatic carbocycles. The van der Waals surface area contributed by atoms with Crippen LogP contribution in [0.3, 0.4) is 0 Å². The molecule has 1 saturated heterocycles. The predicted molar refractivity (Wildman–Crippen MR) is 74.1 cm³/mol. The molecule has 0 saturated carbocycles. The summed E-state index contributed by atoms with van der Waals surface area (Å²) in [5.74, 6) is 1.33. The van der Waals surface area contributed by atoms with E-state index in [4.69, 9.17) is 14.2 Å². The maximum atomic E-state index is 10.9. The first-order valence-electron chi connectivity index (χ1n) is 6.67. The van der Waals surface area contributed by atoms with Crippen LogP contribution in [-0.2, 0) is 11.3 Å². The van der Waals surface area contributed by atoms with E-state index in [-0.39, 0.29) is 6.10 Å². The van der Waals surface area contributed by atoms with Crippen LogP contribution in [0, 0.1) is 0 Å². The predicted octanol–water partition coefficient (Wildman–Crippen LogP) is 1.29. The van der Waals surface area contributed by atoms with Crippen molar-refractivity contribution < 1.29 is 19.0 Å². The van der Waals surface area contributed by atoms with Crippen molar-refractivity contribution in [1.29, 1.82) is 0 Å². The van der Waals surface area contributed by atoms with Gasteiger partial charge in [0.25, 0.3) is 0 Å². The van der Waals surface area contributed by atoms with Crippen LogP contribution >= 0.6 is 0 Å². The molecule has 20 heavy (non-hydrogen) atoms. The molecule has 0 aliphatic carbocycles. The van der Waals surface area contributed by atoms with E-state index in [1.165, 1.54) is 0 Å². The van der Waals surface area contributed by atoms with E-state index >= 15 is 0 Å². The van der Waals surface area contributed by atoms with Gasteiger partial charge in [-0.15, -0.1) is 0 Å². The fourth-order valence-corrected chi connectivity index (χ4v) is 1.92. The van der Waals surface area contributed by atoms with Crippen molar-refractivity contribution in [2.24, 2.45) is 0 Å². The number of methoxy groups -OCH3 is 1. The highest BCUT2D eigenvalue weighted by Gasteiger charge is 2.23. The lowest BCUT2D eigenvalue weighted by Gasteiger charge is -2.14. The Hall–Kier alpha value is -1.95. The van der Waals surface area contributed by atoms with Crippen LogP contribution in [0.5, 0.6) is 11.5 Å². The standard InChI is InChI=1S/C14H20N2O4/c1-3-15-7-10-4-5-12(18-2)13(6-10)19-9-11-8-16-14(17)20-11/h4-6,11,15H,3,7-9H2,1-2H3,(H,16,17). The van der Waals surface area contributed by atoms with E-state index in [1.54, 1.807) is 7.11 Å². The second kappa shape index (κ2) is 7.00. The van der Waals surface area contributed by atoms with Crippen LogP contribution in [-0.4, -0.2) is 39.0 Å². The molecular weight excluding hydrogens is 260 g/mol. The number of carbonyl (C=O) groups excluding carboxylic acids is 1. The van der Waals surface area contributed by atoms with E-state index in [9.17, 15) is 4.79 Å². The lowest BCUT2D eigenvalue weighted by atomic mass is 10.2. The summed E-state index contributed by atoms with van der Waals surface area (Å²) in [5.41, 5.74) is 1.11. The summed E-state index contributed by atoms with van der Waals surface area (Å²) in [6.45, 7) is 4.52. The van der Waals surface area contributed by atoms with Crippen LogP contribution in [0.2, 0.25) is 0 Å². The van der Waals surface area contributed by atoms with Gasteiger partial charge in [-0.3, -0.25) is 0 Å². The average Bonchev–Trinajstić information content (AvgIpc) is 2.88. The summed E-state index contributed by atoms with van der Waals surface area (Å²) < 4.78 is 16.0. The minimum Gasteiger partial charge on any atom is -0.493 e. The Balaban J connectivity index is 1.98. The van der Waals surface area contributed by atoms with Crippen LogP contribution < -0.4 is 20.1 Å². The Kier molecular flexibility index (Phi) is 5.06. The molecule has 1 unspecified atom stereocenters. The summed E-state index contributed by atoms with van der Waals surface area (Å²) in [6, 6.07) is 5.80. The monoisotopic (exact) mass is 280 g/mol. The second-order valence-electron chi connectivity index (χ2n) is 4.48. The summed E-state index contributed by atoms with van der Waals surface area (Å²) >= 11 is 0. The smallest absolute Gasteiger partial charge is 0.407 e. The molecule has 1 fully saturated rings. The van der Waals surface area contributed by atoms with E-state index in [1.807, 2.05) is 18.2 Å². The van der Waals surface area contributed by atoms with E-state index < -0.39 is 6.09 Å². The number of hydrogen-bond acceptors (Lipinski definition) is 5. The summed E-state index contributed by atoms with van der Waals surface area (Å²) in [4.78, 5) is 10.9. The van der Waals surface area contributed by atoms with Gasteiger partial charge in [-0.2, -0.15) is 0 Å². The SMILES string of the molecule is CCNCc1ccc(OC)c(OCC2CNC(=O)O2)c1. The number of cyclic esters (lactones) is 1. The van der Waals surface area contributed by atoms with Crippen LogP contribution in [0.15, 0.2) is 18.2 Å². The number of amides is 1. The van der Waals surface area contributed by atoms with Gasteiger partial charge < -0.3 is 24.8 Å². The van der Waals surface area contributed by atoms with E-state index in [2.05, 4.69) is 17.6 Å². The molecule has 1 aromatic rings. The third kappa shape index (κ3) is 3.77. The minimum atomic E-state index is -0.397. The number of rotatable bonds is 7. The molecule has 2 N–H and O–H groups in total. The number of hydrogen-bond donors (Lipinski definition) is 2. The second-order valence-corrected chi connectivity index (χ2v) is 4.48. The molecule has 1 aliphatic heterocycles. The first-order chi connectivity index (χ1) is 9.72. The molecule has 0 bridgehead atoms. The largest absolute Gasteiger partial charge is 0.493 e. The normalized spacial score (nSPS) is 17.5. The van der Waals surface area contributed by atoms with Gasteiger partial charge in [0.15, 0.2) is 17.6 Å². The molecular formula is C14H20N2O4. The van der Waals surface area contributed by atoms with Gasteiger partial charge >= 0.3 is 6.09 Å². The quantitative estimate of drug-likeness (QED) is 0.787. The first-order valence-corrected chi connectivity index (χ1v) is 6.67. The topological polar surface area (TPSA) is 68.8 Å². The third-order valence-corrected chi connectivity index (χ3v) is 2.98. The number of carbonyl (C=O) groups is 1. The van der Waals surface area contributed by atoms with Gasteiger partial charge in [-0.25, -0.2) is 4.79 Å². The molecule has 2 rings (SSSR count). The minimum absolute atomic E-state index is 0.260. The lowest BCUT2D eigenvalue weighted by Crippen LogP contribution is -2.22. The van der Waals surface area contributed by atoms with Crippen LogP contribution in [0.1, 0.15) is 12.5 Å². The van der Waals surface area contributed by atoms with Gasteiger partial charge in [-0.05, 0) is 24.2 Å². The van der Waals surface area contributed by atoms with Crippen molar-refractivity contribution in [3.63, 3.8) is 0 Å². The number of nitrogens with one attached hydrogen (secondary N) is 2. The number of ether oxygens (including phenoxy) is 3. The Bertz CT molecular complexity index is 464. The highest BCUT2D eigenvalue weighted by atomic mass is 16.6. The van der Waals surface area contributed by atoms with Crippen molar-refractivity contribution in [3.8, 4) is 11.5 Å². The van der Waals surface area contributed by atoms with Crippen molar-refractivity contribution in [2.45, 2.75) is 19.6 Å². The van der Waals surface area contributed by atoms with Gasteiger partial charge in [0, 0.05) is 6.54 Å². The highest BCUT2D eigenvalue weighted by Crippen LogP contribution is 2.28. The Labute approximate surface area is 118 Å². The molecule has 0 aromatic heterocycles. The van der Waals surface area contributed by atoms with Gasteiger partial charge in [-0.1, -0.05) is 13.0 Å². The Morgan fingerprint density at radius 3 is 2.95 bits per heavy atom. The van der Waals surface area contributed by atoms with Crippen LogP contribution in [0.25, 0.3) is 0 Å². The summed E-state index contributed by atoms with van der Waals surface area (Å²) in [6.07, 6.45) is -0.656. The van der Waals surface area contributed by atoms with Crippen molar-refractivity contribution >= 4 is 6.09 Å². The molecule has 1 atom stereocenters. The molecule has 0 radical (unpaired) electrons. The number of alkyl carbamates (subject to hydrolysis) is 1. The maximum absolute atomic E-state index is 10.9. The zero-order valence-corrected chi connectivity index (χ0v) is 11.8. The molecule has 0 spiro atoms. The molecule has 6 nitrogen and oxygen atoms in total. The number of benzene rings is 1. The lowest BCUT2D eigenvalue weighted by molar-refractivity contribution is 0.103. The fraction of sp³-hybridized carbons (Fsp3) is 0.500. The van der Waals surface area contributed by atoms with Gasteiger partial charge in [0.1, 0.15) is 6.61 Å². The fourth-order valence-electron chi connectivity index (χ4n) is 1.92. The summed E-state index contributed by atoms with van der Waals surface area (Å²) in [7, 11) is 1.60. The molecule has 1 amide bonds. The van der Waals surface area contributed by atoms with Crippen molar-refractivity contribution in [1.82, 2.24) is 10.6 Å². The zero-order chi connectivity index (χ0) is 14.4. The third-order valence-electron chi connectivity index (χ3n) is 2.98. The van der Waals surface area contributed by atoms with Crippen LogP contribution in [0.4, 0.5) is 4.79 Å². The molecule has 6 heteroatoms. The molecule has 1 heterocycles. The Morgan fingerprint density at radius 1 is 1.45 bits per heavy atom. The van der Waals surface area contributed by atoms with E-state index in [0.29, 0.717) is 24.7 Å². The average molecular weight is 280 g/mol. The first kappa shape index (κ1) is 14.5. The van der Waals surface area contributed by atoms with Crippen molar-refractivity contribution in [2.75, 3.05) is 26.8 Å². The zero-order valence-electron chi connectivity index (χ0n) is 11.8. The van der Waals surface area contributed by atoms with Gasteiger partial charge in [0.05, 0.1) is 13.7 Å². The van der Waals surface area contributed by atoms with E-state index in [0.717, 1.165) is 18.7 Å². The maximum Gasteiger partial charge on any atom is 0.407 e. The molecule has 110 valence electrons.